The van der Waals surface area contributed by atoms with E-state index in [1.54, 1.807) is 6.08 Å². The molecule has 1 rings (SSSR count). The van der Waals surface area contributed by atoms with Crippen molar-refractivity contribution in [2.24, 2.45) is 0 Å². The van der Waals surface area contributed by atoms with Crippen molar-refractivity contribution >= 4 is 24.6 Å². The van der Waals surface area contributed by atoms with E-state index in [0.29, 0.717) is 5.06 Å². The van der Waals surface area contributed by atoms with E-state index in [9.17, 15) is 14.4 Å². The Morgan fingerprint density at radius 2 is 1.67 bits per heavy atom. The lowest BCUT2D eigenvalue weighted by Crippen LogP contribution is -2.32. The van der Waals surface area contributed by atoms with E-state index in [4.69, 9.17) is 9.90 Å². The average Bonchev–Trinajstić information content (AvgIpc) is 2.71. The first kappa shape index (κ1) is 27.3. The van der Waals surface area contributed by atoms with Gasteiger partial charge in [0.05, 0.1) is 6.42 Å². The zero-order valence-electron chi connectivity index (χ0n) is 11.0. The third-order valence-electron chi connectivity index (χ3n) is 1.74. The first-order valence-electron chi connectivity index (χ1n) is 5.60. The summed E-state index contributed by atoms with van der Waals surface area (Å²) in [5, 5.41) is 8.92. The number of rotatable bonds is 4. The van der Waals surface area contributed by atoms with E-state index < -0.39 is 17.8 Å². The maximum atomic E-state index is 11.0. The number of aliphatic hydroxyl groups is 1. The number of allylic oxidation sites excluding steroid dienone is 1. The van der Waals surface area contributed by atoms with Crippen LogP contribution in [0.4, 0.5) is 0 Å². The molecular formula is C14H27NO6. The number of nitrogens with zero attached hydrogens (tertiary/aromatic N) is 1. The van der Waals surface area contributed by atoms with Gasteiger partial charge in [-0.25, -0.2) is 4.79 Å². The summed E-state index contributed by atoms with van der Waals surface area (Å²) in [7, 11) is 0. The lowest BCUT2D eigenvalue weighted by Gasteiger charge is -2.11. The molecule has 1 N–H and O–H groups in total. The number of hydrogen-bond acceptors (Lipinski definition) is 6. The minimum absolute atomic E-state index is 0. The largest absolute Gasteiger partial charge is 0.396 e. The molecule has 21 heavy (non-hydrogen) atoms. The van der Waals surface area contributed by atoms with Crippen molar-refractivity contribution in [2.75, 3.05) is 6.61 Å². The summed E-state index contributed by atoms with van der Waals surface area (Å²) in [6, 6.07) is 0. The van der Waals surface area contributed by atoms with Crippen molar-refractivity contribution in [1.29, 1.82) is 0 Å². The summed E-state index contributed by atoms with van der Waals surface area (Å²) in [6.07, 6.45) is 2.18. The van der Waals surface area contributed by atoms with Crippen LogP contribution in [0.3, 0.4) is 0 Å². The molecule has 0 aromatic rings. The van der Waals surface area contributed by atoms with Gasteiger partial charge >= 0.3 is 5.97 Å². The monoisotopic (exact) mass is 305 g/mol. The van der Waals surface area contributed by atoms with Gasteiger partial charge in [-0.3, -0.25) is 9.59 Å². The van der Waals surface area contributed by atoms with Crippen molar-refractivity contribution in [3.05, 3.63) is 12.7 Å². The van der Waals surface area contributed by atoms with Gasteiger partial charge in [-0.2, -0.15) is 0 Å². The molecule has 2 amide bonds. The molecule has 1 saturated heterocycles. The number of hydroxylamine groups is 2. The van der Waals surface area contributed by atoms with Gasteiger partial charge in [0.2, 0.25) is 0 Å². The second-order valence-corrected chi connectivity index (χ2v) is 3.28. The number of carbonyl (C=O) groups is 4. The van der Waals surface area contributed by atoms with Crippen LogP contribution in [0.2, 0.25) is 0 Å². The number of hydrogen-bond donors (Lipinski definition) is 1. The third-order valence-corrected chi connectivity index (χ3v) is 1.74. The molecule has 1 heterocycles. The van der Waals surface area contributed by atoms with Crippen LogP contribution in [0, 0.1) is 0 Å². The Balaban J connectivity index is -0.000000184. The van der Waals surface area contributed by atoms with Crippen LogP contribution < -0.4 is 0 Å². The van der Waals surface area contributed by atoms with Gasteiger partial charge in [0, 0.05) is 19.4 Å². The lowest BCUT2D eigenvalue weighted by molar-refractivity contribution is -0.197. The Kier molecular flexibility index (Phi) is 23.4. The molecule has 1 aliphatic rings. The van der Waals surface area contributed by atoms with Gasteiger partial charge in [-0.1, -0.05) is 20.9 Å². The number of amides is 2. The van der Waals surface area contributed by atoms with Crippen molar-refractivity contribution in [3.8, 4) is 0 Å². The Hall–Kier alpha value is -2.02. The molecule has 0 spiro atoms. The molecule has 0 saturated carbocycles. The highest BCUT2D eigenvalue weighted by atomic mass is 16.7. The van der Waals surface area contributed by atoms with E-state index in [-0.39, 0.29) is 47.1 Å². The maximum Gasteiger partial charge on any atom is 0.333 e. The van der Waals surface area contributed by atoms with E-state index in [1.807, 2.05) is 13.7 Å². The van der Waals surface area contributed by atoms with Crippen LogP contribution in [0.1, 0.15) is 47.5 Å². The number of imide groups is 1. The van der Waals surface area contributed by atoms with Gasteiger partial charge < -0.3 is 14.7 Å². The molecule has 0 radical (unpaired) electrons. The van der Waals surface area contributed by atoms with Crippen molar-refractivity contribution < 1.29 is 29.1 Å². The van der Waals surface area contributed by atoms with E-state index in [1.165, 1.54) is 0 Å². The van der Waals surface area contributed by atoms with E-state index in [2.05, 4.69) is 11.4 Å². The summed E-state index contributed by atoms with van der Waals surface area (Å²) in [4.78, 5) is 45.4. The topological polar surface area (TPSA) is 101 Å². The highest BCUT2D eigenvalue weighted by Gasteiger charge is 2.32. The Morgan fingerprint density at radius 1 is 1.29 bits per heavy atom. The van der Waals surface area contributed by atoms with Gasteiger partial charge in [0.25, 0.3) is 11.8 Å². The number of carbonyl (C=O) groups excluding carboxylic acids is 4. The fraction of sp³-hybridized carbons (Fsp3) is 0.571. The fourth-order valence-electron chi connectivity index (χ4n) is 1.03. The molecule has 0 atom stereocenters. The van der Waals surface area contributed by atoms with Gasteiger partial charge in [0.15, 0.2) is 0 Å². The van der Waals surface area contributed by atoms with E-state index >= 15 is 0 Å². The Bertz CT molecular complexity index is 301. The maximum absolute atomic E-state index is 11.0. The van der Waals surface area contributed by atoms with Crippen molar-refractivity contribution in [2.45, 2.75) is 47.5 Å². The highest BCUT2D eigenvalue weighted by Crippen LogP contribution is 2.12. The van der Waals surface area contributed by atoms with Crippen LogP contribution in [-0.4, -0.2) is 41.3 Å². The molecule has 0 aliphatic carbocycles. The molecule has 7 heteroatoms. The molecule has 7 nitrogen and oxygen atoms in total. The zero-order valence-corrected chi connectivity index (χ0v) is 11.0. The first-order chi connectivity index (χ1) is 9.06. The summed E-state index contributed by atoms with van der Waals surface area (Å²) >= 11 is 0. The quantitative estimate of drug-likeness (QED) is 0.626. The Labute approximate surface area is 126 Å². The summed E-state index contributed by atoms with van der Waals surface area (Å²) in [5.41, 5.74) is 0. The summed E-state index contributed by atoms with van der Waals surface area (Å²) in [6.45, 7) is 7.12. The molecule has 0 unspecified atom stereocenters. The molecule has 0 aromatic carbocycles. The predicted octanol–water partition coefficient (Wildman–Crippen LogP) is 1.65. The first-order valence-corrected chi connectivity index (χ1v) is 5.60. The third kappa shape index (κ3) is 12.7. The SMILES string of the molecule is C.C.C=CC.C=O.O=C(CCCO)ON1C(=O)CCC1=O. The van der Waals surface area contributed by atoms with Crippen LogP contribution in [0.25, 0.3) is 0 Å². The molecule has 124 valence electrons. The molecule has 1 fully saturated rings. The fourth-order valence-corrected chi connectivity index (χ4v) is 1.03. The smallest absolute Gasteiger partial charge is 0.333 e. The standard InChI is InChI=1S/C8H11NO5.C3H6.CH2O.2CH4/c10-5-1-2-8(13)14-9-6(11)3-4-7(9)12;1-3-2;1-2;;/h10H,1-5H2;3H,1H2,2H3;1H2;2*1H4. The van der Waals surface area contributed by atoms with Gasteiger partial charge in [-0.05, 0) is 13.3 Å². The van der Waals surface area contributed by atoms with Gasteiger partial charge in [0.1, 0.15) is 6.79 Å². The van der Waals surface area contributed by atoms with Crippen molar-refractivity contribution in [1.82, 2.24) is 5.06 Å². The van der Waals surface area contributed by atoms with Crippen molar-refractivity contribution in [3.63, 3.8) is 0 Å². The van der Waals surface area contributed by atoms with Crippen LogP contribution >= 0.6 is 0 Å². The summed E-state index contributed by atoms with van der Waals surface area (Å²) < 4.78 is 0. The second-order valence-electron chi connectivity index (χ2n) is 3.28. The van der Waals surface area contributed by atoms with E-state index in [0.717, 1.165) is 0 Å². The lowest BCUT2D eigenvalue weighted by atomic mass is 10.3. The minimum atomic E-state index is -0.678. The van der Waals surface area contributed by atoms with Gasteiger partial charge in [-0.15, -0.1) is 11.6 Å². The average molecular weight is 305 g/mol. The predicted molar refractivity (Wildman–Crippen MR) is 80.0 cm³/mol. The molecular weight excluding hydrogens is 278 g/mol. The summed E-state index contributed by atoms with van der Waals surface area (Å²) in [5.74, 6) is -1.66. The highest BCUT2D eigenvalue weighted by molar-refractivity contribution is 6.01. The van der Waals surface area contributed by atoms with Crippen LogP contribution in [0.15, 0.2) is 12.7 Å². The zero-order chi connectivity index (χ0) is 15.3. The molecule has 0 bridgehead atoms. The number of aliphatic hydroxyl groups excluding tert-OH is 1. The normalized spacial score (nSPS) is 11.6. The minimum Gasteiger partial charge on any atom is -0.396 e. The van der Waals surface area contributed by atoms with Crippen LogP contribution in [0.5, 0.6) is 0 Å². The molecule has 0 aromatic heterocycles. The molecule has 1 aliphatic heterocycles. The Morgan fingerprint density at radius 3 is 2.00 bits per heavy atom. The van der Waals surface area contributed by atoms with Crippen LogP contribution in [-0.2, 0) is 24.0 Å². The second kappa shape index (κ2) is 18.0.